The third kappa shape index (κ3) is 7.28. The number of benzene rings is 1. The number of aliphatic hydroxyl groups is 1. The van der Waals surface area contributed by atoms with Gasteiger partial charge in [-0.05, 0) is 39.8 Å². The van der Waals surface area contributed by atoms with Crippen LogP contribution in [0.5, 0.6) is 5.75 Å². The summed E-state index contributed by atoms with van der Waals surface area (Å²) in [6.45, 7) is 6.89. The molecule has 3 aromatic rings. The molecule has 1 saturated heterocycles. The molecule has 5 N–H and O–H groups in total. The number of para-hydroxylation sites is 1. The Morgan fingerprint density at radius 2 is 1.95 bits per heavy atom. The molecule has 0 saturated carbocycles. The van der Waals surface area contributed by atoms with Gasteiger partial charge in [0.2, 0.25) is 11.9 Å². The second kappa shape index (κ2) is 12.9. The first-order chi connectivity index (χ1) is 20.2. The Morgan fingerprint density at radius 1 is 1.26 bits per heavy atom. The number of aliphatic hydroxyl groups excluding tert-OH is 1. The lowest BCUT2D eigenvalue weighted by molar-refractivity contribution is -0.149. The van der Waals surface area contributed by atoms with Crippen molar-refractivity contribution >= 4 is 42.6 Å². The number of anilines is 2. The molecule has 4 rings (SSSR count). The number of rotatable bonds is 12. The van der Waals surface area contributed by atoms with Gasteiger partial charge < -0.3 is 30.2 Å². The number of esters is 1. The number of nitrogen functional groups attached to an aromatic ring is 1. The average molecular weight is 624 g/mol. The Kier molecular flexibility index (Phi) is 9.66. The van der Waals surface area contributed by atoms with Crippen LogP contribution in [0.4, 0.5) is 16.2 Å². The minimum absolute atomic E-state index is 0.0299. The van der Waals surface area contributed by atoms with E-state index in [2.05, 4.69) is 25.4 Å². The molecule has 1 aromatic carbocycles. The molecule has 0 unspecified atom stereocenters. The normalized spacial score (nSPS) is 24.0. The fourth-order valence-corrected chi connectivity index (χ4v) is 5.77. The van der Waals surface area contributed by atoms with Crippen molar-refractivity contribution in [3.05, 3.63) is 36.7 Å². The van der Waals surface area contributed by atoms with E-state index in [0.29, 0.717) is 0 Å². The summed E-state index contributed by atoms with van der Waals surface area (Å²) < 4.78 is 53.3. The smallest absolute Gasteiger partial charge is 0.459 e. The van der Waals surface area contributed by atoms with Crippen LogP contribution in [0.1, 0.15) is 47.3 Å². The number of hydrogen-bond acceptors (Lipinski definition) is 12. The predicted molar refractivity (Wildman–Crippen MR) is 153 cm³/mol. The largest absolute Gasteiger partial charge is 0.462 e. The van der Waals surface area contributed by atoms with Gasteiger partial charge in [0.05, 0.1) is 19.0 Å². The highest BCUT2D eigenvalue weighted by atomic mass is 31.2. The van der Waals surface area contributed by atoms with E-state index in [-0.39, 0.29) is 41.0 Å². The van der Waals surface area contributed by atoms with Crippen molar-refractivity contribution in [3.63, 3.8) is 0 Å². The number of carbonyl (C=O) groups is 2. The summed E-state index contributed by atoms with van der Waals surface area (Å²) in [6, 6.07) is 6.95. The van der Waals surface area contributed by atoms with E-state index < -0.39 is 56.6 Å². The van der Waals surface area contributed by atoms with Crippen LogP contribution in [0.3, 0.4) is 0 Å². The highest BCUT2D eigenvalue weighted by Gasteiger charge is 2.56. The average Bonchev–Trinajstić information content (AvgIpc) is 3.45. The topological polar surface area (TPSA) is 202 Å². The monoisotopic (exact) mass is 623 g/mol. The van der Waals surface area contributed by atoms with E-state index >= 15 is 4.39 Å². The molecule has 6 atom stereocenters. The SMILES string of the molecule is CCC(=O)Nc1nc(N)nc2c1ncn2[C@@H]1O[C@H](CO[P@@](=O)(N[C@@H](C)C(=O)OC(C)C)Oc2ccccc2)[C@@H](O)[C@@]1(C)F. The fourth-order valence-electron chi connectivity index (χ4n) is 4.27. The Balaban J connectivity index is 1.57. The lowest BCUT2D eigenvalue weighted by atomic mass is 9.98. The van der Waals surface area contributed by atoms with Gasteiger partial charge in [0.1, 0.15) is 24.0 Å². The Hall–Kier alpha value is -3.69. The van der Waals surface area contributed by atoms with Crippen LogP contribution in [0.15, 0.2) is 36.7 Å². The zero-order valence-corrected chi connectivity index (χ0v) is 25.2. The summed E-state index contributed by atoms with van der Waals surface area (Å²) in [7, 11) is -4.33. The van der Waals surface area contributed by atoms with Crippen LogP contribution in [-0.4, -0.2) is 73.1 Å². The first-order valence-corrected chi connectivity index (χ1v) is 15.1. The number of nitrogens with two attached hydrogens (primary N) is 1. The molecule has 17 heteroatoms. The van der Waals surface area contributed by atoms with Crippen LogP contribution in [0.25, 0.3) is 11.2 Å². The second-order valence-corrected chi connectivity index (χ2v) is 12.0. The van der Waals surface area contributed by atoms with Gasteiger partial charge in [-0.3, -0.25) is 18.7 Å². The number of fused-ring (bicyclic) bond motifs is 1. The number of halogens is 1. The van der Waals surface area contributed by atoms with E-state index in [4.69, 9.17) is 24.3 Å². The molecule has 1 aliphatic rings. The molecule has 0 aliphatic carbocycles. The van der Waals surface area contributed by atoms with Crippen molar-refractivity contribution in [1.82, 2.24) is 24.6 Å². The molecule has 2 aromatic heterocycles. The van der Waals surface area contributed by atoms with Gasteiger partial charge in [-0.25, -0.2) is 13.9 Å². The van der Waals surface area contributed by atoms with Crippen LogP contribution in [0, 0.1) is 0 Å². The van der Waals surface area contributed by atoms with Gasteiger partial charge in [-0.2, -0.15) is 15.1 Å². The van der Waals surface area contributed by atoms with Crippen LogP contribution in [0.2, 0.25) is 0 Å². The molecule has 3 heterocycles. The molecular weight excluding hydrogens is 588 g/mol. The third-order valence-corrected chi connectivity index (χ3v) is 8.07. The number of nitrogens with one attached hydrogen (secondary N) is 2. The number of imidazole rings is 1. The van der Waals surface area contributed by atoms with Crippen molar-refractivity contribution in [2.24, 2.45) is 0 Å². The van der Waals surface area contributed by atoms with Gasteiger partial charge in [0.15, 0.2) is 28.9 Å². The third-order valence-electron chi connectivity index (χ3n) is 6.42. The molecule has 0 spiro atoms. The van der Waals surface area contributed by atoms with Crippen molar-refractivity contribution in [2.45, 2.75) is 77.3 Å². The maximum Gasteiger partial charge on any atom is 0.459 e. The number of ether oxygens (including phenoxy) is 2. The number of aromatic nitrogens is 4. The van der Waals surface area contributed by atoms with Crippen LogP contribution >= 0.6 is 7.75 Å². The molecule has 43 heavy (non-hydrogen) atoms. The molecule has 15 nitrogen and oxygen atoms in total. The van der Waals surface area contributed by atoms with E-state index in [1.165, 1.54) is 30.0 Å². The minimum Gasteiger partial charge on any atom is -0.462 e. The highest BCUT2D eigenvalue weighted by Crippen LogP contribution is 2.48. The summed E-state index contributed by atoms with van der Waals surface area (Å²) in [5.74, 6) is -1.07. The van der Waals surface area contributed by atoms with Crippen molar-refractivity contribution in [3.8, 4) is 5.75 Å². The number of amides is 1. The molecule has 0 radical (unpaired) electrons. The first kappa shape index (κ1) is 32.2. The summed E-state index contributed by atoms with van der Waals surface area (Å²) in [6.07, 6.45) is -3.67. The zero-order chi connectivity index (χ0) is 31.5. The Morgan fingerprint density at radius 3 is 2.60 bits per heavy atom. The number of hydrogen-bond donors (Lipinski definition) is 4. The Bertz CT molecular complexity index is 1510. The van der Waals surface area contributed by atoms with Crippen LogP contribution < -0.4 is 20.7 Å². The van der Waals surface area contributed by atoms with E-state index in [9.17, 15) is 19.3 Å². The highest BCUT2D eigenvalue weighted by molar-refractivity contribution is 7.52. The van der Waals surface area contributed by atoms with Gasteiger partial charge in [0, 0.05) is 6.42 Å². The van der Waals surface area contributed by atoms with Crippen molar-refractivity contribution in [1.29, 1.82) is 0 Å². The van der Waals surface area contributed by atoms with E-state index in [0.717, 1.165) is 6.92 Å². The van der Waals surface area contributed by atoms with Gasteiger partial charge in [-0.15, -0.1) is 0 Å². The lowest BCUT2D eigenvalue weighted by Crippen LogP contribution is -2.41. The molecule has 1 fully saturated rings. The van der Waals surface area contributed by atoms with E-state index in [1.54, 1.807) is 39.0 Å². The number of alkyl halides is 1. The van der Waals surface area contributed by atoms with Gasteiger partial charge in [-0.1, -0.05) is 25.1 Å². The lowest BCUT2D eigenvalue weighted by Gasteiger charge is -2.25. The maximum atomic E-state index is 16.1. The van der Waals surface area contributed by atoms with Crippen molar-refractivity contribution < 1.29 is 42.2 Å². The predicted octanol–water partition coefficient (Wildman–Crippen LogP) is 2.88. The standard InChI is InChI=1S/C26H35FN7O8P/c1-6-18(35)30-21-19-22(32-25(28)31-21)34(13-29-19)24-26(5,27)20(36)17(41-24)12-39-43(38,42-16-10-8-7-9-11-16)33-15(4)23(37)40-14(2)3/h7-11,13-15,17,20,24,36H,6,12H2,1-5H3,(H,33,38)(H3,28,30,31,32,35)/t15-,17+,20+,24+,26+,43-/m0/s1. The summed E-state index contributed by atoms with van der Waals surface area (Å²) >= 11 is 0. The quantitative estimate of drug-likeness (QED) is 0.170. The molecule has 234 valence electrons. The summed E-state index contributed by atoms with van der Waals surface area (Å²) in [4.78, 5) is 36.7. The number of nitrogens with zero attached hydrogens (tertiary/aromatic N) is 4. The molecule has 1 amide bonds. The Labute approximate surface area is 246 Å². The second-order valence-electron chi connectivity index (χ2n) is 10.3. The molecule has 0 bridgehead atoms. The minimum atomic E-state index is -4.33. The summed E-state index contributed by atoms with van der Waals surface area (Å²) in [5.41, 5.74) is 3.57. The fraction of sp³-hybridized carbons (Fsp3) is 0.500. The first-order valence-electron chi connectivity index (χ1n) is 13.5. The van der Waals surface area contributed by atoms with Crippen LogP contribution in [-0.2, 0) is 28.2 Å². The van der Waals surface area contributed by atoms with E-state index in [1.807, 2.05) is 0 Å². The zero-order valence-electron chi connectivity index (χ0n) is 24.3. The number of carbonyl (C=O) groups excluding carboxylic acids is 2. The van der Waals surface area contributed by atoms with Gasteiger partial charge >= 0.3 is 13.7 Å². The molecule has 1 aliphatic heterocycles. The van der Waals surface area contributed by atoms with Crippen molar-refractivity contribution in [2.75, 3.05) is 17.7 Å². The maximum absolute atomic E-state index is 16.1. The summed E-state index contributed by atoms with van der Waals surface area (Å²) in [5, 5.41) is 16.0. The molecular formula is C26H35FN7O8P. The van der Waals surface area contributed by atoms with Gasteiger partial charge in [0.25, 0.3) is 0 Å².